The van der Waals surface area contributed by atoms with Gasteiger partial charge in [0.25, 0.3) is 0 Å². The number of anilines is 1. The molecule has 0 saturated carbocycles. The van der Waals surface area contributed by atoms with Crippen molar-refractivity contribution in [1.29, 1.82) is 0 Å². The molecule has 0 fully saturated rings. The van der Waals surface area contributed by atoms with E-state index >= 15 is 0 Å². The van der Waals surface area contributed by atoms with Gasteiger partial charge in [-0.3, -0.25) is 0 Å². The number of fused-ring (bicyclic) bond motifs is 1. The van der Waals surface area contributed by atoms with Gasteiger partial charge in [-0.25, -0.2) is 13.4 Å². The molecule has 1 aromatic heterocycles. The van der Waals surface area contributed by atoms with E-state index in [1.807, 2.05) is 35.9 Å². The molecule has 0 bridgehead atoms. The maximum absolute atomic E-state index is 11.6. The van der Waals surface area contributed by atoms with E-state index in [1.165, 1.54) is 6.26 Å². The topological polar surface area (TPSA) is 78.0 Å². The Balaban J connectivity index is 2.22. The molecule has 3 rings (SSSR count). The van der Waals surface area contributed by atoms with Crippen LogP contribution in [-0.2, 0) is 16.9 Å². The summed E-state index contributed by atoms with van der Waals surface area (Å²) in [5.41, 5.74) is 8.86. The zero-order valence-corrected chi connectivity index (χ0v) is 12.6. The van der Waals surface area contributed by atoms with Crippen LogP contribution in [0, 0.1) is 0 Å². The number of hydrogen-bond acceptors (Lipinski definition) is 4. The van der Waals surface area contributed by atoms with Crippen LogP contribution in [0.3, 0.4) is 0 Å². The van der Waals surface area contributed by atoms with Gasteiger partial charge in [0.15, 0.2) is 9.84 Å². The molecule has 0 unspecified atom stereocenters. The van der Waals surface area contributed by atoms with Crippen molar-refractivity contribution in [3.8, 4) is 11.4 Å². The third kappa shape index (κ3) is 2.38. The highest BCUT2D eigenvalue weighted by atomic mass is 32.2. The SMILES string of the molecule is Cn1c(-c2ccc(N)cc2)nc2cc(S(C)(=O)=O)ccc21. The highest BCUT2D eigenvalue weighted by molar-refractivity contribution is 7.90. The van der Waals surface area contributed by atoms with E-state index in [4.69, 9.17) is 5.73 Å². The minimum absolute atomic E-state index is 0.275. The zero-order chi connectivity index (χ0) is 15.2. The van der Waals surface area contributed by atoms with Gasteiger partial charge < -0.3 is 10.3 Å². The summed E-state index contributed by atoms with van der Waals surface area (Å²) < 4.78 is 25.2. The Labute approximate surface area is 123 Å². The maximum Gasteiger partial charge on any atom is 0.175 e. The Hall–Kier alpha value is -2.34. The number of sulfone groups is 1. The second-order valence-electron chi connectivity index (χ2n) is 5.04. The molecular weight excluding hydrogens is 286 g/mol. The predicted octanol–water partition coefficient (Wildman–Crippen LogP) is 2.23. The first kappa shape index (κ1) is 13.6. The third-order valence-electron chi connectivity index (χ3n) is 3.45. The average Bonchev–Trinajstić information content (AvgIpc) is 2.76. The number of aromatic nitrogens is 2. The van der Waals surface area contributed by atoms with Crippen molar-refractivity contribution in [1.82, 2.24) is 9.55 Å². The van der Waals surface area contributed by atoms with Crippen LogP contribution in [0.2, 0.25) is 0 Å². The van der Waals surface area contributed by atoms with Gasteiger partial charge in [0.2, 0.25) is 0 Å². The lowest BCUT2D eigenvalue weighted by molar-refractivity contribution is 0.602. The molecule has 2 N–H and O–H groups in total. The Morgan fingerprint density at radius 3 is 2.38 bits per heavy atom. The number of nitrogens with zero attached hydrogens (tertiary/aromatic N) is 2. The summed E-state index contributed by atoms with van der Waals surface area (Å²) in [6.45, 7) is 0. The third-order valence-corrected chi connectivity index (χ3v) is 4.56. The second kappa shape index (κ2) is 4.60. The van der Waals surface area contributed by atoms with Gasteiger partial charge in [-0.05, 0) is 42.5 Å². The summed E-state index contributed by atoms with van der Waals surface area (Å²) in [4.78, 5) is 4.82. The van der Waals surface area contributed by atoms with Crippen molar-refractivity contribution in [2.75, 3.05) is 12.0 Å². The Morgan fingerprint density at radius 2 is 1.76 bits per heavy atom. The van der Waals surface area contributed by atoms with E-state index < -0.39 is 9.84 Å². The van der Waals surface area contributed by atoms with Gasteiger partial charge in [0.1, 0.15) is 5.82 Å². The minimum atomic E-state index is -3.23. The molecule has 0 spiro atoms. The molecule has 2 aromatic carbocycles. The number of benzene rings is 2. The number of rotatable bonds is 2. The number of nitrogens with two attached hydrogens (primary N) is 1. The van der Waals surface area contributed by atoms with Crippen LogP contribution in [0.4, 0.5) is 5.69 Å². The summed E-state index contributed by atoms with van der Waals surface area (Å²) >= 11 is 0. The Bertz CT molecular complexity index is 925. The number of imidazole rings is 1. The largest absolute Gasteiger partial charge is 0.399 e. The monoisotopic (exact) mass is 301 g/mol. The molecule has 0 atom stereocenters. The zero-order valence-electron chi connectivity index (χ0n) is 11.7. The normalized spacial score (nSPS) is 11.9. The molecule has 3 aromatic rings. The van der Waals surface area contributed by atoms with Crippen LogP contribution >= 0.6 is 0 Å². The minimum Gasteiger partial charge on any atom is -0.399 e. The molecule has 21 heavy (non-hydrogen) atoms. The van der Waals surface area contributed by atoms with Crippen LogP contribution < -0.4 is 5.73 Å². The number of aryl methyl sites for hydroxylation is 1. The van der Waals surface area contributed by atoms with Crippen molar-refractivity contribution in [3.05, 3.63) is 42.5 Å². The first-order valence-electron chi connectivity index (χ1n) is 6.39. The lowest BCUT2D eigenvalue weighted by Gasteiger charge is -2.03. The highest BCUT2D eigenvalue weighted by Crippen LogP contribution is 2.26. The van der Waals surface area contributed by atoms with Crippen LogP contribution in [-0.4, -0.2) is 24.2 Å². The average molecular weight is 301 g/mol. The van der Waals surface area contributed by atoms with Crippen LogP contribution in [0.25, 0.3) is 22.4 Å². The Morgan fingerprint density at radius 1 is 1.10 bits per heavy atom. The number of hydrogen-bond donors (Lipinski definition) is 1. The summed E-state index contributed by atoms with van der Waals surface area (Å²) in [5, 5.41) is 0. The first-order valence-corrected chi connectivity index (χ1v) is 8.28. The van der Waals surface area contributed by atoms with E-state index in [2.05, 4.69) is 4.98 Å². The molecule has 0 aliphatic carbocycles. The quantitative estimate of drug-likeness (QED) is 0.736. The van der Waals surface area contributed by atoms with Crippen molar-refractivity contribution < 1.29 is 8.42 Å². The molecule has 6 heteroatoms. The van der Waals surface area contributed by atoms with E-state index in [0.29, 0.717) is 11.2 Å². The maximum atomic E-state index is 11.6. The van der Waals surface area contributed by atoms with Gasteiger partial charge in [-0.2, -0.15) is 0 Å². The molecule has 108 valence electrons. The molecule has 0 radical (unpaired) electrons. The first-order chi connectivity index (χ1) is 9.86. The molecule has 1 heterocycles. The highest BCUT2D eigenvalue weighted by Gasteiger charge is 2.13. The van der Waals surface area contributed by atoms with E-state index in [1.54, 1.807) is 18.2 Å². The summed E-state index contributed by atoms with van der Waals surface area (Å²) in [6.07, 6.45) is 1.19. The van der Waals surface area contributed by atoms with E-state index in [-0.39, 0.29) is 4.90 Å². The van der Waals surface area contributed by atoms with Crippen LogP contribution in [0.5, 0.6) is 0 Å². The predicted molar refractivity (Wildman–Crippen MR) is 83.7 cm³/mol. The van der Waals surface area contributed by atoms with Gasteiger partial charge in [0, 0.05) is 24.6 Å². The molecule has 0 aliphatic heterocycles. The van der Waals surface area contributed by atoms with Gasteiger partial charge in [0.05, 0.1) is 15.9 Å². The van der Waals surface area contributed by atoms with Crippen molar-refractivity contribution in [2.45, 2.75) is 4.90 Å². The van der Waals surface area contributed by atoms with Gasteiger partial charge >= 0.3 is 0 Å². The fraction of sp³-hybridized carbons (Fsp3) is 0.133. The second-order valence-corrected chi connectivity index (χ2v) is 7.05. The smallest absolute Gasteiger partial charge is 0.175 e. The number of nitrogen functional groups attached to an aromatic ring is 1. The van der Waals surface area contributed by atoms with Gasteiger partial charge in [-0.1, -0.05) is 0 Å². The summed E-state index contributed by atoms with van der Waals surface area (Å²) in [6, 6.07) is 12.4. The van der Waals surface area contributed by atoms with Gasteiger partial charge in [-0.15, -0.1) is 0 Å². The molecular formula is C15H15N3O2S. The molecule has 0 amide bonds. The Kier molecular flexibility index (Phi) is 2.98. The summed E-state index contributed by atoms with van der Waals surface area (Å²) in [5.74, 6) is 0.774. The van der Waals surface area contributed by atoms with Crippen molar-refractivity contribution >= 4 is 26.6 Å². The van der Waals surface area contributed by atoms with Crippen molar-refractivity contribution in [2.24, 2.45) is 7.05 Å². The standard InChI is InChI=1S/C15H15N3O2S/c1-18-14-8-7-12(21(2,19)20)9-13(14)17-15(18)10-3-5-11(16)6-4-10/h3-9H,16H2,1-2H3. The van der Waals surface area contributed by atoms with Crippen molar-refractivity contribution in [3.63, 3.8) is 0 Å². The summed E-state index contributed by atoms with van der Waals surface area (Å²) in [7, 11) is -1.33. The molecule has 0 saturated heterocycles. The van der Waals surface area contributed by atoms with Crippen LogP contribution in [0.15, 0.2) is 47.4 Å². The lowest BCUT2D eigenvalue weighted by Crippen LogP contribution is -1.96. The lowest BCUT2D eigenvalue weighted by atomic mass is 10.2. The fourth-order valence-corrected chi connectivity index (χ4v) is 2.94. The molecule has 5 nitrogen and oxygen atoms in total. The fourth-order valence-electron chi connectivity index (χ4n) is 2.30. The van der Waals surface area contributed by atoms with E-state index in [0.717, 1.165) is 16.9 Å². The van der Waals surface area contributed by atoms with E-state index in [9.17, 15) is 8.42 Å². The molecule has 0 aliphatic rings. The van der Waals surface area contributed by atoms with Crippen LogP contribution in [0.1, 0.15) is 0 Å².